The quantitative estimate of drug-likeness (QED) is 0.800. The van der Waals surface area contributed by atoms with Crippen molar-refractivity contribution in [1.82, 2.24) is 20.0 Å². The number of nitrogens with one attached hydrogen (secondary N) is 1. The Hall–Kier alpha value is -0.650. The van der Waals surface area contributed by atoms with Crippen molar-refractivity contribution in [1.29, 1.82) is 0 Å². The van der Waals surface area contributed by atoms with Crippen LogP contribution in [0.4, 0.5) is 0 Å². The van der Waals surface area contributed by atoms with E-state index < -0.39 is 0 Å². The Morgan fingerprint density at radius 3 is 2.48 bits per heavy atom. The van der Waals surface area contributed by atoms with Crippen LogP contribution in [0.15, 0.2) is 0 Å². The largest absolute Gasteiger partial charge is 0.338 e. The number of likely N-dealkylation sites (N-methyl/N-ethyl adjacent to an activating group) is 1. The molecule has 0 aromatic heterocycles. The van der Waals surface area contributed by atoms with Gasteiger partial charge in [-0.05, 0) is 66.5 Å². The number of rotatable bonds is 5. The summed E-state index contributed by atoms with van der Waals surface area (Å²) in [5.41, 5.74) is 0. The van der Waals surface area contributed by atoms with Gasteiger partial charge in [-0.1, -0.05) is 0 Å². The van der Waals surface area contributed by atoms with E-state index in [4.69, 9.17) is 0 Å². The van der Waals surface area contributed by atoms with Gasteiger partial charge in [-0.25, -0.2) is 0 Å². The lowest BCUT2D eigenvalue weighted by molar-refractivity contribution is -0.139. The molecule has 0 bridgehead atoms. The molecule has 0 aliphatic carbocycles. The second kappa shape index (κ2) is 8.11. The molecule has 2 heterocycles. The summed E-state index contributed by atoms with van der Waals surface area (Å²) < 4.78 is 0. The first-order valence-electron chi connectivity index (χ1n) is 8.42. The Morgan fingerprint density at radius 2 is 1.90 bits per heavy atom. The van der Waals surface area contributed by atoms with Crippen molar-refractivity contribution in [2.24, 2.45) is 5.92 Å². The molecule has 2 saturated heterocycles. The van der Waals surface area contributed by atoms with E-state index in [1.54, 1.807) is 0 Å². The van der Waals surface area contributed by atoms with Gasteiger partial charge in [-0.2, -0.15) is 0 Å². The number of carbonyl (C=O) groups excluding carboxylic acids is 1. The van der Waals surface area contributed by atoms with E-state index in [-0.39, 0.29) is 5.92 Å². The third-order valence-corrected chi connectivity index (χ3v) is 4.85. The predicted molar refractivity (Wildman–Crippen MR) is 86.4 cm³/mol. The van der Waals surface area contributed by atoms with Crippen LogP contribution in [0.1, 0.15) is 25.7 Å². The zero-order valence-corrected chi connectivity index (χ0v) is 14.0. The van der Waals surface area contributed by atoms with Crippen LogP contribution in [0.2, 0.25) is 0 Å². The van der Waals surface area contributed by atoms with Crippen molar-refractivity contribution in [3.05, 3.63) is 0 Å². The molecule has 1 atom stereocenters. The minimum atomic E-state index is 0.195. The molecule has 0 saturated carbocycles. The maximum Gasteiger partial charge on any atom is 0.227 e. The number of piperidine rings is 2. The number of likely N-dealkylation sites (tertiary alicyclic amines) is 1. The van der Waals surface area contributed by atoms with E-state index in [0.717, 1.165) is 65.0 Å². The van der Waals surface area contributed by atoms with Crippen LogP contribution in [0.5, 0.6) is 0 Å². The Morgan fingerprint density at radius 1 is 1.19 bits per heavy atom. The van der Waals surface area contributed by atoms with Gasteiger partial charge in [0.15, 0.2) is 0 Å². The third-order valence-electron chi connectivity index (χ3n) is 4.85. The lowest BCUT2D eigenvalue weighted by Crippen LogP contribution is -2.52. The van der Waals surface area contributed by atoms with E-state index in [1.807, 2.05) is 0 Å². The summed E-state index contributed by atoms with van der Waals surface area (Å²) in [6.45, 7) is 5.98. The molecule has 1 N–H and O–H groups in total. The van der Waals surface area contributed by atoms with Gasteiger partial charge < -0.3 is 20.0 Å². The molecule has 1 amide bonds. The molecule has 122 valence electrons. The normalized spacial score (nSPS) is 25.2. The average Bonchev–Trinajstić information content (AvgIpc) is 2.49. The van der Waals surface area contributed by atoms with Crippen molar-refractivity contribution in [3.63, 3.8) is 0 Å². The number of amides is 1. The fourth-order valence-electron chi connectivity index (χ4n) is 3.38. The topological polar surface area (TPSA) is 38.8 Å². The maximum absolute atomic E-state index is 12.9. The fraction of sp³-hybridized carbons (Fsp3) is 0.938. The van der Waals surface area contributed by atoms with Crippen molar-refractivity contribution in [3.8, 4) is 0 Å². The minimum absolute atomic E-state index is 0.195. The molecule has 5 nitrogen and oxygen atoms in total. The number of carbonyl (C=O) groups is 1. The first-order chi connectivity index (χ1) is 10.1. The molecule has 0 aromatic rings. The monoisotopic (exact) mass is 296 g/mol. The summed E-state index contributed by atoms with van der Waals surface area (Å²) in [4.78, 5) is 19.7. The van der Waals surface area contributed by atoms with Crippen LogP contribution in [-0.2, 0) is 4.79 Å². The standard InChI is InChI=1S/C16H32N4O/c1-18(2)11-12-20(15-6-9-19(3)10-7-15)16(21)14-5-4-8-17-13-14/h14-15,17H,4-13H2,1-3H3/t14-/m0/s1. The van der Waals surface area contributed by atoms with Gasteiger partial charge in [0.2, 0.25) is 5.91 Å². The Kier molecular flexibility index (Phi) is 6.45. The smallest absolute Gasteiger partial charge is 0.227 e. The molecule has 0 spiro atoms. The van der Waals surface area contributed by atoms with Gasteiger partial charge in [0.1, 0.15) is 0 Å². The lowest BCUT2D eigenvalue weighted by Gasteiger charge is -2.40. The molecule has 2 aliphatic rings. The number of hydrogen-bond acceptors (Lipinski definition) is 4. The number of nitrogens with zero attached hydrogens (tertiary/aromatic N) is 3. The molecule has 2 fully saturated rings. The van der Waals surface area contributed by atoms with Gasteiger partial charge >= 0.3 is 0 Å². The van der Waals surface area contributed by atoms with Crippen LogP contribution in [0, 0.1) is 5.92 Å². The second-order valence-electron chi connectivity index (χ2n) is 6.91. The summed E-state index contributed by atoms with van der Waals surface area (Å²) in [5.74, 6) is 0.583. The lowest BCUT2D eigenvalue weighted by atomic mass is 9.95. The van der Waals surface area contributed by atoms with E-state index in [0.29, 0.717) is 11.9 Å². The predicted octanol–water partition coefficient (Wildman–Crippen LogP) is 0.470. The molecule has 2 rings (SSSR count). The summed E-state index contributed by atoms with van der Waals surface area (Å²) in [6.07, 6.45) is 4.42. The van der Waals surface area contributed by atoms with Gasteiger partial charge in [0.05, 0.1) is 5.92 Å². The zero-order chi connectivity index (χ0) is 15.2. The first-order valence-corrected chi connectivity index (χ1v) is 8.42. The Bertz CT molecular complexity index is 320. The van der Waals surface area contributed by atoms with Crippen molar-refractivity contribution in [2.45, 2.75) is 31.7 Å². The van der Waals surface area contributed by atoms with E-state index in [1.165, 1.54) is 0 Å². The molecule has 0 aromatic carbocycles. The van der Waals surface area contributed by atoms with Gasteiger partial charge in [-0.15, -0.1) is 0 Å². The highest BCUT2D eigenvalue weighted by Gasteiger charge is 2.31. The van der Waals surface area contributed by atoms with Crippen LogP contribution in [0.3, 0.4) is 0 Å². The molecule has 21 heavy (non-hydrogen) atoms. The van der Waals surface area contributed by atoms with Crippen molar-refractivity contribution in [2.75, 3.05) is 60.4 Å². The van der Waals surface area contributed by atoms with E-state index in [2.05, 4.69) is 41.2 Å². The highest BCUT2D eigenvalue weighted by Crippen LogP contribution is 2.20. The van der Waals surface area contributed by atoms with Gasteiger partial charge in [0, 0.05) is 25.7 Å². The first kappa shape index (κ1) is 16.7. The van der Waals surface area contributed by atoms with Crippen LogP contribution in [-0.4, -0.2) is 87.1 Å². The molecular weight excluding hydrogens is 264 g/mol. The Balaban J connectivity index is 1.98. The average molecular weight is 296 g/mol. The highest BCUT2D eigenvalue weighted by molar-refractivity contribution is 5.79. The second-order valence-corrected chi connectivity index (χ2v) is 6.91. The zero-order valence-electron chi connectivity index (χ0n) is 14.0. The summed E-state index contributed by atoms with van der Waals surface area (Å²) in [5, 5.41) is 3.38. The maximum atomic E-state index is 12.9. The Labute approximate surface area is 129 Å². The molecule has 0 radical (unpaired) electrons. The van der Waals surface area contributed by atoms with Crippen molar-refractivity contribution >= 4 is 5.91 Å². The minimum Gasteiger partial charge on any atom is -0.338 e. The molecule has 5 heteroatoms. The summed E-state index contributed by atoms with van der Waals surface area (Å²) in [7, 11) is 6.34. The highest BCUT2D eigenvalue weighted by atomic mass is 16.2. The van der Waals surface area contributed by atoms with Crippen LogP contribution < -0.4 is 5.32 Å². The molecular formula is C16H32N4O. The van der Waals surface area contributed by atoms with Gasteiger partial charge in [-0.3, -0.25) is 4.79 Å². The third kappa shape index (κ3) is 4.94. The van der Waals surface area contributed by atoms with E-state index in [9.17, 15) is 4.79 Å². The van der Waals surface area contributed by atoms with Gasteiger partial charge in [0.25, 0.3) is 0 Å². The van der Waals surface area contributed by atoms with Crippen LogP contribution >= 0.6 is 0 Å². The van der Waals surface area contributed by atoms with E-state index >= 15 is 0 Å². The fourth-order valence-corrected chi connectivity index (χ4v) is 3.38. The SMILES string of the molecule is CN(C)CCN(C(=O)[C@H]1CCCNC1)C1CCN(C)CC1. The van der Waals surface area contributed by atoms with Crippen LogP contribution in [0.25, 0.3) is 0 Å². The van der Waals surface area contributed by atoms with Crippen molar-refractivity contribution < 1.29 is 4.79 Å². The number of hydrogen-bond donors (Lipinski definition) is 1. The summed E-state index contributed by atoms with van der Waals surface area (Å²) in [6, 6.07) is 0.440. The molecule has 2 aliphatic heterocycles. The summed E-state index contributed by atoms with van der Waals surface area (Å²) >= 11 is 0. The molecule has 0 unspecified atom stereocenters.